The van der Waals surface area contributed by atoms with Crippen molar-refractivity contribution >= 4 is 33.2 Å². The summed E-state index contributed by atoms with van der Waals surface area (Å²) in [6, 6.07) is 23.2. The fraction of sp³-hybridized carbons (Fsp3) is 0.297. The van der Waals surface area contributed by atoms with Gasteiger partial charge in [-0.15, -0.1) is 0 Å². The third-order valence-corrected chi connectivity index (χ3v) is 10.6. The van der Waals surface area contributed by atoms with Crippen LogP contribution < -0.4 is 14.4 Å². The van der Waals surface area contributed by atoms with Crippen molar-refractivity contribution < 1.29 is 32.1 Å². The van der Waals surface area contributed by atoms with Gasteiger partial charge in [-0.1, -0.05) is 67.4 Å². The Morgan fingerprint density at radius 1 is 0.980 bits per heavy atom. The number of nitro benzene ring substituents is 1. The van der Waals surface area contributed by atoms with Crippen LogP contribution in [0.1, 0.15) is 42.4 Å². The van der Waals surface area contributed by atoms with Crippen LogP contribution in [0.15, 0.2) is 102 Å². The Kier molecular flexibility index (Phi) is 11.5. The van der Waals surface area contributed by atoms with Crippen LogP contribution in [-0.2, 0) is 32.6 Å². The van der Waals surface area contributed by atoms with Gasteiger partial charge in [-0.2, -0.15) is 0 Å². The largest absolute Gasteiger partial charge is 0.497 e. The van der Waals surface area contributed by atoms with E-state index in [4.69, 9.17) is 4.74 Å². The second-order valence-electron chi connectivity index (χ2n) is 12.2. The van der Waals surface area contributed by atoms with E-state index in [0.717, 1.165) is 41.6 Å². The maximum Gasteiger partial charge on any atom is 0.273 e. The molecule has 4 aromatic carbocycles. The number of halogens is 1. The molecule has 13 heteroatoms. The van der Waals surface area contributed by atoms with Crippen LogP contribution in [-0.4, -0.2) is 55.8 Å². The van der Waals surface area contributed by atoms with E-state index < -0.39 is 55.7 Å². The monoisotopic (exact) mass is 702 g/mol. The van der Waals surface area contributed by atoms with Crippen LogP contribution in [0, 0.1) is 22.9 Å². The molecule has 1 saturated carbocycles. The third-order valence-electron chi connectivity index (χ3n) is 8.88. The quantitative estimate of drug-likeness (QED) is 0.127. The molecule has 50 heavy (non-hydrogen) atoms. The van der Waals surface area contributed by atoms with Crippen LogP contribution in [0.5, 0.6) is 5.75 Å². The zero-order valence-electron chi connectivity index (χ0n) is 27.8. The molecule has 1 fully saturated rings. The fourth-order valence-corrected chi connectivity index (χ4v) is 7.52. The Bertz CT molecular complexity index is 1940. The van der Waals surface area contributed by atoms with Gasteiger partial charge >= 0.3 is 0 Å². The Morgan fingerprint density at radius 2 is 1.64 bits per heavy atom. The molecule has 4 aromatic rings. The van der Waals surface area contributed by atoms with Crippen molar-refractivity contribution in [3.8, 4) is 5.75 Å². The minimum absolute atomic E-state index is 0.0724. The lowest BCUT2D eigenvalue weighted by Gasteiger charge is -2.34. The molecule has 1 atom stereocenters. The first kappa shape index (κ1) is 36.0. The lowest BCUT2D eigenvalue weighted by Crippen LogP contribution is -2.54. The second kappa shape index (κ2) is 15.9. The van der Waals surface area contributed by atoms with E-state index in [1.54, 1.807) is 6.07 Å². The van der Waals surface area contributed by atoms with Crippen LogP contribution in [0.3, 0.4) is 0 Å². The fourth-order valence-electron chi connectivity index (χ4n) is 6.08. The summed E-state index contributed by atoms with van der Waals surface area (Å²) in [6.45, 7) is 0.365. The topological polar surface area (TPSA) is 139 Å². The molecule has 2 amide bonds. The van der Waals surface area contributed by atoms with E-state index in [0.29, 0.717) is 5.75 Å². The highest BCUT2D eigenvalue weighted by molar-refractivity contribution is 7.92. The summed E-state index contributed by atoms with van der Waals surface area (Å²) in [4.78, 5) is 40.6. The first-order valence-electron chi connectivity index (χ1n) is 16.3. The van der Waals surface area contributed by atoms with Crippen molar-refractivity contribution in [1.82, 2.24) is 10.2 Å². The number of rotatable bonds is 14. The van der Waals surface area contributed by atoms with Crippen molar-refractivity contribution in [3.05, 3.63) is 130 Å². The average Bonchev–Trinajstić information content (AvgIpc) is 3.62. The zero-order chi connectivity index (χ0) is 35.8. The Labute approximate surface area is 290 Å². The number of aryl methyl sites for hydroxylation is 1. The minimum Gasteiger partial charge on any atom is -0.497 e. The number of hydrogen-bond donors (Lipinski definition) is 1. The van der Waals surface area contributed by atoms with Crippen LogP contribution in [0.2, 0.25) is 0 Å². The van der Waals surface area contributed by atoms with Gasteiger partial charge in [0.25, 0.3) is 15.7 Å². The first-order valence-corrected chi connectivity index (χ1v) is 17.7. The van der Waals surface area contributed by atoms with Crippen molar-refractivity contribution in [2.45, 2.75) is 62.6 Å². The van der Waals surface area contributed by atoms with Gasteiger partial charge in [-0.25, -0.2) is 12.8 Å². The summed E-state index contributed by atoms with van der Waals surface area (Å²) in [7, 11) is -3.17. The van der Waals surface area contributed by atoms with E-state index in [2.05, 4.69) is 5.32 Å². The normalized spacial score (nSPS) is 13.7. The summed E-state index contributed by atoms with van der Waals surface area (Å²) >= 11 is 0. The molecule has 5 rings (SSSR count). The SMILES string of the molecule is COc1ccc(N(CC(=O)N(Cc2ccccc2F)[C@@H](Cc2ccccc2)C(=O)NC2CCCC2)S(=O)(=O)c2ccc(C)c([N+](=O)[O-])c2)cc1. The van der Waals surface area contributed by atoms with Gasteiger partial charge in [-0.05, 0) is 61.7 Å². The highest BCUT2D eigenvalue weighted by Crippen LogP contribution is 2.30. The van der Waals surface area contributed by atoms with Gasteiger partial charge < -0.3 is 15.0 Å². The van der Waals surface area contributed by atoms with E-state index >= 15 is 4.39 Å². The maximum atomic E-state index is 15.2. The van der Waals surface area contributed by atoms with E-state index in [1.807, 2.05) is 30.3 Å². The molecular formula is C37H39FN4O7S. The molecule has 0 saturated heterocycles. The number of nitro groups is 1. The number of sulfonamides is 1. The molecule has 0 aromatic heterocycles. The molecule has 1 aliphatic carbocycles. The van der Waals surface area contributed by atoms with E-state index in [-0.39, 0.29) is 35.8 Å². The Balaban J connectivity index is 1.60. The number of carbonyl (C=O) groups excluding carboxylic acids is 2. The van der Waals surface area contributed by atoms with Gasteiger partial charge in [0.1, 0.15) is 24.2 Å². The number of ether oxygens (including phenoxy) is 1. The number of carbonyl (C=O) groups is 2. The number of nitrogens with one attached hydrogen (secondary N) is 1. The lowest BCUT2D eigenvalue weighted by atomic mass is 10.0. The van der Waals surface area contributed by atoms with Crippen molar-refractivity contribution in [3.63, 3.8) is 0 Å². The Hall–Kier alpha value is -5.30. The smallest absolute Gasteiger partial charge is 0.273 e. The summed E-state index contributed by atoms with van der Waals surface area (Å²) in [5.41, 5.74) is 0.815. The number of hydrogen-bond acceptors (Lipinski definition) is 7. The highest BCUT2D eigenvalue weighted by atomic mass is 32.2. The molecule has 1 N–H and O–H groups in total. The molecule has 262 valence electrons. The standard InChI is InChI=1S/C37H39FN4O7S/c1-26-16-21-32(23-34(26)42(45)46)50(47,48)41(30-17-19-31(49-2)20-18-30)25-36(43)40(24-28-12-6-9-15-33(28)38)35(22-27-10-4-3-5-11-27)37(44)39-29-13-7-8-14-29/h3-6,9-12,15-21,23,29,35H,7-8,13-14,22,24-25H2,1-2H3,(H,39,44)/t35-/m0/s1. The van der Waals surface area contributed by atoms with Crippen molar-refractivity contribution in [2.75, 3.05) is 18.0 Å². The van der Waals surface area contributed by atoms with Gasteiger partial charge in [0.15, 0.2) is 0 Å². The van der Waals surface area contributed by atoms with Gasteiger partial charge in [0, 0.05) is 36.2 Å². The van der Waals surface area contributed by atoms with Crippen LogP contribution in [0.4, 0.5) is 15.8 Å². The number of benzene rings is 4. The number of methoxy groups -OCH3 is 1. The molecule has 0 aliphatic heterocycles. The molecule has 1 aliphatic rings. The highest BCUT2D eigenvalue weighted by Gasteiger charge is 2.36. The molecule has 11 nitrogen and oxygen atoms in total. The van der Waals surface area contributed by atoms with Crippen molar-refractivity contribution in [2.24, 2.45) is 0 Å². The molecule has 0 radical (unpaired) electrons. The Morgan fingerprint density at radius 3 is 2.28 bits per heavy atom. The maximum absolute atomic E-state index is 15.2. The van der Waals surface area contributed by atoms with E-state index in [1.165, 1.54) is 73.5 Å². The summed E-state index contributed by atoms with van der Waals surface area (Å²) in [5, 5.41) is 14.8. The minimum atomic E-state index is -4.61. The molecular weight excluding hydrogens is 663 g/mol. The predicted molar refractivity (Wildman–Crippen MR) is 187 cm³/mol. The molecule has 0 heterocycles. The summed E-state index contributed by atoms with van der Waals surface area (Å²) < 4.78 is 49.9. The lowest BCUT2D eigenvalue weighted by molar-refractivity contribution is -0.385. The second-order valence-corrected chi connectivity index (χ2v) is 14.1. The summed E-state index contributed by atoms with van der Waals surface area (Å²) in [5.74, 6) is -1.38. The molecule has 0 bridgehead atoms. The molecule has 0 spiro atoms. The van der Waals surface area contributed by atoms with Gasteiger partial charge in [0.2, 0.25) is 11.8 Å². The average molecular weight is 703 g/mol. The molecule has 0 unspecified atom stereocenters. The van der Waals surface area contributed by atoms with Gasteiger partial charge in [0.05, 0.1) is 22.6 Å². The predicted octanol–water partition coefficient (Wildman–Crippen LogP) is 5.95. The van der Waals surface area contributed by atoms with Gasteiger partial charge in [-0.3, -0.25) is 24.0 Å². The van der Waals surface area contributed by atoms with Crippen molar-refractivity contribution in [1.29, 1.82) is 0 Å². The first-order chi connectivity index (χ1) is 24.0. The zero-order valence-corrected chi connectivity index (χ0v) is 28.6. The number of anilines is 1. The van der Waals surface area contributed by atoms with Crippen LogP contribution >= 0.6 is 0 Å². The number of nitrogens with zero attached hydrogens (tertiary/aromatic N) is 3. The number of amides is 2. The van der Waals surface area contributed by atoms with Crippen LogP contribution in [0.25, 0.3) is 0 Å². The van der Waals surface area contributed by atoms with E-state index in [9.17, 15) is 28.1 Å². The summed E-state index contributed by atoms with van der Waals surface area (Å²) in [6.07, 6.45) is 3.57. The third kappa shape index (κ3) is 8.46.